The summed E-state index contributed by atoms with van der Waals surface area (Å²) in [7, 11) is -2.45. The third-order valence-corrected chi connectivity index (χ3v) is 14.5. The van der Waals surface area contributed by atoms with Crippen LogP contribution in [0.2, 0.25) is 0 Å². The fourth-order valence-electron chi connectivity index (χ4n) is 8.61. The van der Waals surface area contributed by atoms with Crippen LogP contribution < -0.4 is 19.7 Å². The molecule has 3 heterocycles. The number of fused-ring (bicyclic) bond motifs is 2. The van der Waals surface area contributed by atoms with Crippen molar-refractivity contribution in [1.82, 2.24) is 10.0 Å². The van der Waals surface area contributed by atoms with Crippen LogP contribution in [0.25, 0.3) is 0 Å². The molecule has 1 saturated heterocycles. The molecule has 7 atom stereocenters. The second-order valence-electron chi connectivity index (χ2n) is 15.5. The molecule has 2 bridgehead atoms. The zero-order valence-corrected chi connectivity index (χ0v) is 32.7. The molecule has 53 heavy (non-hydrogen) atoms. The summed E-state index contributed by atoms with van der Waals surface area (Å²) in [6.45, 7) is 11.7. The topological polar surface area (TPSA) is 140 Å². The number of nitrogens with zero attached hydrogens (tertiary/aromatic N) is 1. The minimum atomic E-state index is -4.06. The number of sulfonamides is 1. The molecule has 5 aliphatic rings. The second kappa shape index (κ2) is 15.6. The number of hydrogen-bond donors (Lipinski definition) is 2. The molecule has 0 aromatic heterocycles. The standard InChI is InChI=1S/C40H52ClN3O8S/c1-6-31(41)19-28-10-8-16-39(26(28)3)23-44-22-30-11-13-32(30)40(50-5,21-36(45)42-33-15-18-51-38(33)47)17-7-9-25(2)27(4)53(48,49)43-37(46)29-12-14-35(52-24-39)34(44)20-29/h6-7,12,14,17,19-20,25,27,30,32-33H,3,8-11,13,15-16,18,21-24H2,1-2,4-5H3,(H,42,45)(H,43,46)/b17-7+,28-19-,31-6+/t25-,27+,30-,32+,33-,39-,40+/m0/s1. The minimum Gasteiger partial charge on any atom is -0.490 e. The van der Waals surface area contributed by atoms with E-state index in [9.17, 15) is 22.8 Å². The summed E-state index contributed by atoms with van der Waals surface area (Å²) in [5.41, 5.74) is 1.47. The van der Waals surface area contributed by atoms with E-state index >= 15 is 0 Å². The Kier molecular flexibility index (Phi) is 11.5. The maximum absolute atomic E-state index is 13.6. The van der Waals surface area contributed by atoms with E-state index in [4.69, 9.17) is 25.8 Å². The first-order valence-electron chi connectivity index (χ1n) is 18.7. The lowest BCUT2D eigenvalue weighted by Crippen LogP contribution is -2.54. The average Bonchev–Trinajstić information content (AvgIpc) is 3.44. The predicted molar refractivity (Wildman–Crippen MR) is 204 cm³/mol. The van der Waals surface area contributed by atoms with Gasteiger partial charge in [-0.25, -0.2) is 17.9 Å². The normalized spacial score (nSPS) is 34.6. The molecular weight excluding hydrogens is 718 g/mol. The van der Waals surface area contributed by atoms with E-state index in [1.165, 1.54) is 0 Å². The molecule has 3 aliphatic heterocycles. The van der Waals surface area contributed by atoms with E-state index in [0.29, 0.717) is 49.0 Å². The average molecular weight is 770 g/mol. The number of carbonyl (C=O) groups is 3. The Bertz CT molecular complexity index is 1840. The smallest absolute Gasteiger partial charge is 0.328 e. The van der Waals surface area contributed by atoms with E-state index in [-0.39, 0.29) is 42.3 Å². The van der Waals surface area contributed by atoms with Crippen molar-refractivity contribution in [2.45, 2.75) is 89.0 Å². The predicted octanol–water partition coefficient (Wildman–Crippen LogP) is 5.96. The van der Waals surface area contributed by atoms with Crippen LogP contribution in [0.5, 0.6) is 5.75 Å². The van der Waals surface area contributed by atoms with Crippen molar-refractivity contribution in [3.8, 4) is 5.75 Å². The van der Waals surface area contributed by atoms with Crippen LogP contribution >= 0.6 is 11.6 Å². The van der Waals surface area contributed by atoms with E-state index in [2.05, 4.69) is 21.5 Å². The number of ether oxygens (including phenoxy) is 3. The van der Waals surface area contributed by atoms with Gasteiger partial charge in [-0.1, -0.05) is 43.3 Å². The number of benzene rings is 1. The number of nitrogens with one attached hydrogen (secondary N) is 2. The van der Waals surface area contributed by atoms with Crippen molar-refractivity contribution in [3.05, 3.63) is 70.8 Å². The monoisotopic (exact) mass is 769 g/mol. The number of amides is 2. The third kappa shape index (κ3) is 7.96. The van der Waals surface area contributed by atoms with Crippen molar-refractivity contribution in [1.29, 1.82) is 0 Å². The lowest BCUT2D eigenvalue weighted by atomic mass is 9.62. The maximum atomic E-state index is 13.6. The van der Waals surface area contributed by atoms with Crippen LogP contribution in [0.3, 0.4) is 0 Å². The summed E-state index contributed by atoms with van der Waals surface area (Å²) < 4.78 is 47.4. The number of hydrogen-bond acceptors (Lipinski definition) is 9. The van der Waals surface area contributed by atoms with Gasteiger partial charge in [0.25, 0.3) is 5.91 Å². The first-order chi connectivity index (χ1) is 25.2. The number of esters is 1. The van der Waals surface area contributed by atoms with Crippen LogP contribution in [-0.4, -0.2) is 76.5 Å². The molecule has 0 unspecified atom stereocenters. The van der Waals surface area contributed by atoms with Crippen molar-refractivity contribution in [2.24, 2.45) is 23.2 Å². The van der Waals surface area contributed by atoms with Crippen LogP contribution in [0.15, 0.2) is 65.3 Å². The number of methoxy groups -OCH3 is 1. The van der Waals surface area contributed by atoms with Gasteiger partial charge in [-0.3, -0.25) is 9.59 Å². The van der Waals surface area contributed by atoms with Gasteiger partial charge in [-0.05, 0) is 106 Å². The molecule has 2 amide bonds. The largest absolute Gasteiger partial charge is 0.490 e. The molecule has 1 spiro atoms. The van der Waals surface area contributed by atoms with E-state index in [1.807, 2.05) is 38.2 Å². The van der Waals surface area contributed by atoms with Crippen LogP contribution in [0.1, 0.15) is 82.5 Å². The molecule has 0 radical (unpaired) electrons. The maximum Gasteiger partial charge on any atom is 0.328 e. The quantitative estimate of drug-likeness (QED) is 0.274. The highest BCUT2D eigenvalue weighted by Gasteiger charge is 2.50. The highest BCUT2D eigenvalue weighted by Crippen LogP contribution is 2.51. The molecule has 2 aliphatic carbocycles. The molecule has 13 heteroatoms. The summed E-state index contributed by atoms with van der Waals surface area (Å²) in [4.78, 5) is 41.7. The Labute approximate surface area is 318 Å². The molecule has 288 valence electrons. The Morgan fingerprint density at radius 3 is 2.68 bits per heavy atom. The van der Waals surface area contributed by atoms with Crippen molar-refractivity contribution in [2.75, 3.05) is 38.3 Å². The molecule has 1 aromatic carbocycles. The number of rotatable bonds is 5. The summed E-state index contributed by atoms with van der Waals surface area (Å²) in [5.74, 6) is -1.23. The van der Waals surface area contributed by atoms with Gasteiger partial charge in [0.2, 0.25) is 15.9 Å². The Morgan fingerprint density at radius 1 is 1.21 bits per heavy atom. The van der Waals surface area contributed by atoms with Gasteiger partial charge >= 0.3 is 5.97 Å². The summed E-state index contributed by atoms with van der Waals surface area (Å²) in [6, 6.07) is 4.38. The SMILES string of the molecule is C=C1/C(=C\C(Cl)=C/C)CCC[C@]12COc1ccc3cc1N(C[C@@H]1CC[C@H]1[C@@](CC(=O)N[C@H]1CCOC1=O)(OC)/C=C/C[C@H](C)[C@@H](C)S(=O)(=O)NC3=O)C2. The Morgan fingerprint density at radius 2 is 2.00 bits per heavy atom. The fourth-order valence-corrected chi connectivity index (χ4v) is 10.0. The molecular formula is C40H52ClN3O8S. The zero-order chi connectivity index (χ0) is 38.1. The highest BCUT2D eigenvalue weighted by atomic mass is 35.5. The van der Waals surface area contributed by atoms with Crippen LogP contribution in [0.4, 0.5) is 5.69 Å². The van der Waals surface area contributed by atoms with E-state index in [0.717, 1.165) is 43.3 Å². The molecule has 2 N–H and O–H groups in total. The molecule has 6 rings (SSSR count). The lowest BCUT2D eigenvalue weighted by molar-refractivity contribution is -0.143. The summed E-state index contributed by atoms with van der Waals surface area (Å²) >= 11 is 6.49. The molecule has 2 saturated carbocycles. The first-order valence-corrected chi connectivity index (χ1v) is 20.6. The van der Waals surface area contributed by atoms with Gasteiger partial charge in [-0.15, -0.1) is 0 Å². The number of carbonyl (C=O) groups excluding carboxylic acids is 3. The molecule has 3 fully saturated rings. The Balaban J connectivity index is 1.42. The highest BCUT2D eigenvalue weighted by molar-refractivity contribution is 7.90. The number of cyclic esters (lactones) is 1. The molecule has 11 nitrogen and oxygen atoms in total. The van der Waals surface area contributed by atoms with E-state index in [1.54, 1.807) is 32.2 Å². The van der Waals surface area contributed by atoms with E-state index < -0.39 is 44.2 Å². The van der Waals surface area contributed by atoms with Crippen molar-refractivity contribution >= 4 is 45.1 Å². The van der Waals surface area contributed by atoms with Crippen LogP contribution in [-0.2, 0) is 29.1 Å². The number of anilines is 1. The van der Waals surface area contributed by atoms with Gasteiger partial charge in [0.15, 0.2) is 0 Å². The van der Waals surface area contributed by atoms with Crippen molar-refractivity contribution < 1.29 is 37.0 Å². The summed E-state index contributed by atoms with van der Waals surface area (Å²) in [5, 5.41) is 2.60. The fraction of sp³-hybridized carbons (Fsp3) is 0.575. The first kappa shape index (κ1) is 39.1. The van der Waals surface area contributed by atoms with Gasteiger partial charge < -0.3 is 24.4 Å². The second-order valence-corrected chi connectivity index (χ2v) is 17.9. The van der Waals surface area contributed by atoms with Crippen molar-refractivity contribution in [3.63, 3.8) is 0 Å². The summed E-state index contributed by atoms with van der Waals surface area (Å²) in [6.07, 6.45) is 12.7. The van der Waals surface area contributed by atoms with Gasteiger partial charge in [0.05, 0.1) is 36.2 Å². The Hall–Kier alpha value is -3.61. The zero-order valence-electron chi connectivity index (χ0n) is 31.1. The molecule has 1 aromatic rings. The third-order valence-electron chi connectivity index (χ3n) is 12.3. The van der Waals surface area contributed by atoms with Gasteiger partial charge in [0.1, 0.15) is 11.8 Å². The van der Waals surface area contributed by atoms with Gasteiger partial charge in [0, 0.05) is 42.6 Å². The lowest BCUT2D eigenvalue weighted by Gasteiger charge is -2.50. The number of halogens is 1. The van der Waals surface area contributed by atoms with Crippen LogP contribution in [0, 0.1) is 23.2 Å². The number of allylic oxidation sites excluding steroid dienone is 5. The van der Waals surface area contributed by atoms with Gasteiger partial charge in [-0.2, -0.15) is 0 Å². The minimum absolute atomic E-state index is 0.0202.